The number of anilines is 1. The van der Waals surface area contributed by atoms with Gasteiger partial charge in [-0.05, 0) is 49.2 Å². The Hall–Kier alpha value is -1.87. The Kier molecular flexibility index (Phi) is 6.68. The Labute approximate surface area is 178 Å². The van der Waals surface area contributed by atoms with Crippen LogP contribution in [0.2, 0.25) is 10.0 Å². The summed E-state index contributed by atoms with van der Waals surface area (Å²) in [6.07, 6.45) is 1.02. The molecule has 1 atom stereocenters. The van der Waals surface area contributed by atoms with E-state index in [1.54, 1.807) is 12.1 Å². The van der Waals surface area contributed by atoms with Gasteiger partial charge in [0.25, 0.3) is 0 Å². The van der Waals surface area contributed by atoms with Gasteiger partial charge < -0.3 is 10.1 Å². The van der Waals surface area contributed by atoms with E-state index in [0.29, 0.717) is 28.6 Å². The predicted molar refractivity (Wildman–Crippen MR) is 110 cm³/mol. The van der Waals surface area contributed by atoms with Gasteiger partial charge in [0.15, 0.2) is 0 Å². The zero-order valence-corrected chi connectivity index (χ0v) is 17.8. The summed E-state index contributed by atoms with van der Waals surface area (Å²) in [6.45, 7) is 0.216. The van der Waals surface area contributed by atoms with Crippen LogP contribution in [0, 0.1) is 11.7 Å². The maximum Gasteiger partial charge on any atom is 0.246 e. The molecule has 1 N–H and O–H groups in total. The number of halogens is 3. The molecule has 1 heterocycles. The van der Waals surface area contributed by atoms with E-state index in [0.717, 1.165) is 12.1 Å². The van der Waals surface area contributed by atoms with Crippen molar-refractivity contribution in [3.05, 3.63) is 52.3 Å². The highest BCUT2D eigenvalue weighted by Gasteiger charge is 2.35. The van der Waals surface area contributed by atoms with Crippen molar-refractivity contribution in [3.63, 3.8) is 0 Å². The molecular weight excluding hydrogens is 442 g/mol. The molecule has 1 saturated heterocycles. The Morgan fingerprint density at radius 1 is 1.21 bits per heavy atom. The Morgan fingerprint density at radius 2 is 1.97 bits per heavy atom. The van der Waals surface area contributed by atoms with Crippen LogP contribution in [-0.4, -0.2) is 38.8 Å². The fourth-order valence-corrected chi connectivity index (χ4v) is 5.17. The number of carbonyl (C=O) groups excluding carboxylic acids is 1. The molecule has 1 fully saturated rings. The van der Waals surface area contributed by atoms with E-state index in [-0.39, 0.29) is 29.6 Å². The van der Waals surface area contributed by atoms with Crippen molar-refractivity contribution in [2.75, 3.05) is 25.5 Å². The lowest BCUT2D eigenvalue weighted by Crippen LogP contribution is -2.43. The number of hydrogen-bond donors (Lipinski definition) is 1. The average molecular weight is 461 g/mol. The topological polar surface area (TPSA) is 75.7 Å². The number of sulfonamides is 1. The van der Waals surface area contributed by atoms with E-state index in [1.165, 1.54) is 23.5 Å². The van der Waals surface area contributed by atoms with Gasteiger partial charge in [-0.15, -0.1) is 0 Å². The van der Waals surface area contributed by atoms with Crippen molar-refractivity contribution in [3.8, 4) is 5.75 Å². The monoisotopic (exact) mass is 460 g/mol. The second-order valence-electron chi connectivity index (χ2n) is 6.62. The van der Waals surface area contributed by atoms with Gasteiger partial charge in [0.05, 0.1) is 23.1 Å². The SMILES string of the molecule is COc1ccc(F)cc1S(=O)(=O)N1CCCC(C(=O)Nc2ccc(Cl)c(Cl)c2)C1. The molecule has 6 nitrogen and oxygen atoms in total. The maximum atomic E-state index is 13.7. The summed E-state index contributed by atoms with van der Waals surface area (Å²) < 4.78 is 46.0. The number of methoxy groups -OCH3 is 1. The molecule has 1 aliphatic heterocycles. The molecule has 2 aromatic rings. The highest BCUT2D eigenvalue weighted by molar-refractivity contribution is 7.89. The lowest BCUT2D eigenvalue weighted by molar-refractivity contribution is -0.120. The summed E-state index contributed by atoms with van der Waals surface area (Å²) in [7, 11) is -2.71. The van der Waals surface area contributed by atoms with Gasteiger partial charge in [0.1, 0.15) is 16.5 Å². The molecule has 1 aliphatic rings. The summed E-state index contributed by atoms with van der Waals surface area (Å²) in [5.41, 5.74) is 0.469. The molecule has 0 aromatic heterocycles. The third-order valence-corrected chi connectivity index (χ3v) is 7.31. The van der Waals surface area contributed by atoms with Crippen LogP contribution in [0.25, 0.3) is 0 Å². The van der Waals surface area contributed by atoms with E-state index in [9.17, 15) is 17.6 Å². The molecule has 3 rings (SSSR count). The van der Waals surface area contributed by atoms with Gasteiger partial charge in [-0.3, -0.25) is 4.79 Å². The first-order valence-electron chi connectivity index (χ1n) is 8.82. The van der Waals surface area contributed by atoms with Crippen molar-refractivity contribution in [2.24, 2.45) is 5.92 Å². The van der Waals surface area contributed by atoms with E-state index >= 15 is 0 Å². The molecule has 0 radical (unpaired) electrons. The van der Waals surface area contributed by atoms with Crippen LogP contribution in [0.5, 0.6) is 5.75 Å². The van der Waals surface area contributed by atoms with Crippen LogP contribution in [0.3, 0.4) is 0 Å². The van der Waals surface area contributed by atoms with Crippen LogP contribution in [0.4, 0.5) is 10.1 Å². The first kappa shape index (κ1) is 21.8. The third-order valence-electron chi connectivity index (χ3n) is 4.69. The second kappa shape index (κ2) is 8.87. The molecule has 10 heteroatoms. The van der Waals surface area contributed by atoms with Gasteiger partial charge in [-0.2, -0.15) is 4.31 Å². The minimum atomic E-state index is -4.03. The molecule has 1 amide bonds. The lowest BCUT2D eigenvalue weighted by Gasteiger charge is -2.31. The number of amides is 1. The number of piperidine rings is 1. The number of rotatable bonds is 5. The first-order valence-corrected chi connectivity index (χ1v) is 11.0. The van der Waals surface area contributed by atoms with Gasteiger partial charge in [0.2, 0.25) is 15.9 Å². The minimum Gasteiger partial charge on any atom is -0.495 e. The molecule has 0 spiro atoms. The van der Waals surface area contributed by atoms with Crippen molar-refractivity contribution < 1.29 is 22.3 Å². The molecule has 2 aromatic carbocycles. The summed E-state index contributed by atoms with van der Waals surface area (Å²) in [5.74, 6) is -1.52. The maximum absolute atomic E-state index is 13.7. The van der Waals surface area contributed by atoms with Gasteiger partial charge in [-0.25, -0.2) is 12.8 Å². The molecule has 0 aliphatic carbocycles. The highest BCUT2D eigenvalue weighted by atomic mass is 35.5. The van der Waals surface area contributed by atoms with Gasteiger partial charge in [0, 0.05) is 18.8 Å². The number of ether oxygens (including phenoxy) is 1. The van der Waals surface area contributed by atoms with E-state index in [2.05, 4.69) is 5.32 Å². The first-order chi connectivity index (χ1) is 13.7. The summed E-state index contributed by atoms with van der Waals surface area (Å²) in [5, 5.41) is 3.40. The Morgan fingerprint density at radius 3 is 2.66 bits per heavy atom. The number of hydrogen-bond acceptors (Lipinski definition) is 4. The zero-order chi connectivity index (χ0) is 21.2. The highest BCUT2D eigenvalue weighted by Crippen LogP contribution is 2.31. The van der Waals surface area contributed by atoms with Crippen LogP contribution in [-0.2, 0) is 14.8 Å². The number of benzene rings is 2. The Balaban J connectivity index is 1.78. The largest absolute Gasteiger partial charge is 0.495 e. The summed E-state index contributed by atoms with van der Waals surface area (Å²) >= 11 is 11.8. The normalized spacial score (nSPS) is 17.7. The molecule has 0 saturated carbocycles. The third kappa shape index (κ3) is 4.83. The van der Waals surface area contributed by atoms with Crippen LogP contribution < -0.4 is 10.1 Å². The van der Waals surface area contributed by atoms with Crippen LogP contribution >= 0.6 is 23.2 Å². The van der Waals surface area contributed by atoms with Crippen molar-refractivity contribution in [1.29, 1.82) is 0 Å². The standard InChI is InChI=1S/C19H19Cl2FN2O4S/c1-28-17-7-4-13(22)9-18(17)29(26,27)24-8-2-3-12(11-24)19(25)23-14-5-6-15(20)16(21)10-14/h4-7,9-10,12H,2-3,8,11H2,1H3,(H,23,25). The molecule has 0 bridgehead atoms. The van der Waals surface area contributed by atoms with Crippen molar-refractivity contribution >= 4 is 44.8 Å². The number of nitrogens with zero attached hydrogens (tertiary/aromatic N) is 1. The lowest BCUT2D eigenvalue weighted by atomic mass is 9.99. The van der Waals surface area contributed by atoms with E-state index in [4.69, 9.17) is 27.9 Å². The summed E-state index contributed by atoms with van der Waals surface area (Å²) in [4.78, 5) is 12.4. The molecule has 29 heavy (non-hydrogen) atoms. The summed E-state index contributed by atoms with van der Waals surface area (Å²) in [6, 6.07) is 8.01. The average Bonchev–Trinajstić information content (AvgIpc) is 2.70. The van der Waals surface area contributed by atoms with Crippen LogP contribution in [0.1, 0.15) is 12.8 Å². The van der Waals surface area contributed by atoms with Crippen molar-refractivity contribution in [2.45, 2.75) is 17.7 Å². The molecule has 156 valence electrons. The van der Waals surface area contributed by atoms with E-state index in [1.807, 2.05) is 0 Å². The quantitative estimate of drug-likeness (QED) is 0.725. The minimum absolute atomic E-state index is 0.0187. The molecular formula is C19H19Cl2FN2O4S. The predicted octanol–water partition coefficient (Wildman–Crippen LogP) is 4.18. The number of nitrogens with one attached hydrogen (secondary N) is 1. The van der Waals surface area contributed by atoms with Gasteiger partial charge >= 0.3 is 0 Å². The molecule has 1 unspecified atom stereocenters. The Bertz CT molecular complexity index is 1030. The van der Waals surface area contributed by atoms with Crippen molar-refractivity contribution in [1.82, 2.24) is 4.31 Å². The second-order valence-corrected chi connectivity index (χ2v) is 9.34. The van der Waals surface area contributed by atoms with E-state index < -0.39 is 21.8 Å². The fraction of sp³-hybridized carbons (Fsp3) is 0.316. The number of carbonyl (C=O) groups is 1. The smallest absolute Gasteiger partial charge is 0.246 e. The fourth-order valence-electron chi connectivity index (χ4n) is 3.18. The van der Waals surface area contributed by atoms with Crippen LogP contribution in [0.15, 0.2) is 41.3 Å². The zero-order valence-electron chi connectivity index (χ0n) is 15.5. The van der Waals surface area contributed by atoms with Gasteiger partial charge in [-0.1, -0.05) is 23.2 Å².